The van der Waals surface area contributed by atoms with Crippen molar-refractivity contribution in [3.63, 3.8) is 0 Å². The van der Waals surface area contributed by atoms with Crippen molar-refractivity contribution < 1.29 is 27.4 Å². The van der Waals surface area contributed by atoms with Gasteiger partial charge in [0.2, 0.25) is 5.78 Å². The molecule has 0 saturated carbocycles. The van der Waals surface area contributed by atoms with Gasteiger partial charge in [0.05, 0.1) is 24.1 Å². The zero-order chi connectivity index (χ0) is 22.0. The highest BCUT2D eigenvalue weighted by Crippen LogP contribution is 2.32. The van der Waals surface area contributed by atoms with E-state index in [1.165, 1.54) is 25.3 Å². The summed E-state index contributed by atoms with van der Waals surface area (Å²) in [6.45, 7) is 0. The minimum atomic E-state index is -4.93. The Labute approximate surface area is 174 Å². The molecule has 31 heavy (non-hydrogen) atoms. The maximum absolute atomic E-state index is 12.7. The van der Waals surface area contributed by atoms with Gasteiger partial charge in [-0.15, -0.1) is 13.2 Å². The summed E-state index contributed by atoms with van der Waals surface area (Å²) in [5, 5.41) is 2.59. The van der Waals surface area contributed by atoms with Crippen molar-refractivity contribution >= 4 is 17.4 Å². The lowest BCUT2D eigenvalue weighted by molar-refractivity contribution is -0.274. The van der Waals surface area contributed by atoms with Gasteiger partial charge in [0.15, 0.2) is 0 Å². The van der Waals surface area contributed by atoms with Gasteiger partial charge >= 0.3 is 6.36 Å². The molecule has 0 aliphatic carbocycles. The summed E-state index contributed by atoms with van der Waals surface area (Å²) in [6, 6.07) is 11.8. The molecule has 1 amide bonds. The van der Waals surface area contributed by atoms with Gasteiger partial charge in [0.25, 0.3) is 5.91 Å². The van der Waals surface area contributed by atoms with Crippen LogP contribution in [0.25, 0.3) is 17.0 Å². The van der Waals surface area contributed by atoms with Crippen molar-refractivity contribution in [3.8, 4) is 22.8 Å². The van der Waals surface area contributed by atoms with Gasteiger partial charge in [0, 0.05) is 24.2 Å². The number of aromatic nitrogens is 3. The van der Waals surface area contributed by atoms with E-state index in [0.29, 0.717) is 22.8 Å². The van der Waals surface area contributed by atoms with Crippen molar-refractivity contribution in [1.29, 1.82) is 0 Å². The number of para-hydroxylation sites is 1. The van der Waals surface area contributed by atoms with Crippen molar-refractivity contribution in [3.05, 3.63) is 72.7 Å². The van der Waals surface area contributed by atoms with E-state index in [2.05, 4.69) is 20.0 Å². The van der Waals surface area contributed by atoms with Gasteiger partial charge in [-0.1, -0.05) is 12.1 Å². The molecule has 0 aliphatic heterocycles. The van der Waals surface area contributed by atoms with Crippen LogP contribution in [0.5, 0.6) is 11.5 Å². The summed E-state index contributed by atoms with van der Waals surface area (Å²) in [5.74, 6) is -0.564. The zero-order valence-corrected chi connectivity index (χ0v) is 16.1. The number of carbonyl (C=O) groups excluding carboxylic acids is 1. The van der Waals surface area contributed by atoms with Gasteiger partial charge < -0.3 is 14.8 Å². The average molecular weight is 428 g/mol. The zero-order valence-electron chi connectivity index (χ0n) is 16.1. The van der Waals surface area contributed by atoms with Crippen molar-refractivity contribution in [1.82, 2.24) is 14.4 Å². The summed E-state index contributed by atoms with van der Waals surface area (Å²) in [7, 11) is 1.42. The predicted octanol–water partition coefficient (Wildman–Crippen LogP) is 4.56. The predicted molar refractivity (Wildman–Crippen MR) is 106 cm³/mol. The Morgan fingerprint density at radius 2 is 1.90 bits per heavy atom. The number of anilines is 1. The summed E-state index contributed by atoms with van der Waals surface area (Å²) >= 11 is 0. The van der Waals surface area contributed by atoms with Gasteiger partial charge in [-0.25, -0.2) is 9.97 Å². The molecule has 0 aliphatic rings. The molecule has 2 aromatic heterocycles. The van der Waals surface area contributed by atoms with E-state index in [0.717, 1.165) is 6.07 Å². The maximum Gasteiger partial charge on any atom is 0.573 e. The van der Waals surface area contributed by atoms with Gasteiger partial charge in [-0.3, -0.25) is 9.20 Å². The van der Waals surface area contributed by atoms with Crippen LogP contribution >= 0.6 is 0 Å². The number of nitrogens with zero attached hydrogens (tertiary/aromatic N) is 3. The third kappa shape index (κ3) is 4.42. The molecule has 1 N–H and O–H groups in total. The first kappa shape index (κ1) is 20.2. The first-order valence-electron chi connectivity index (χ1n) is 8.98. The molecule has 0 fully saturated rings. The Morgan fingerprint density at radius 3 is 2.65 bits per heavy atom. The molecule has 0 unspecified atom stereocenters. The second-order valence-electron chi connectivity index (χ2n) is 6.37. The van der Waals surface area contributed by atoms with Crippen LogP contribution in [0.2, 0.25) is 0 Å². The van der Waals surface area contributed by atoms with Crippen LogP contribution in [0.4, 0.5) is 18.9 Å². The highest BCUT2D eigenvalue weighted by molar-refractivity contribution is 6.07. The van der Waals surface area contributed by atoms with E-state index in [1.54, 1.807) is 47.3 Å². The van der Waals surface area contributed by atoms with Gasteiger partial charge in [0.1, 0.15) is 11.5 Å². The third-order valence-electron chi connectivity index (χ3n) is 4.34. The fraction of sp³-hybridized carbons (Fsp3) is 0.0952. The second-order valence-corrected chi connectivity index (χ2v) is 6.37. The smallest absolute Gasteiger partial charge is 0.495 e. The van der Waals surface area contributed by atoms with Gasteiger partial charge in [-0.2, -0.15) is 0 Å². The Bertz CT molecular complexity index is 1220. The Hall–Kier alpha value is -4.08. The lowest BCUT2D eigenvalue weighted by atomic mass is 10.1. The van der Waals surface area contributed by atoms with Crippen molar-refractivity contribution in [2.45, 2.75) is 6.36 Å². The standard InChI is InChI=1S/C21H15F3N4O3/c1-30-18-8-7-13(16-12-28-10-4-9-25-20(28)27-16)11-15(18)26-19(29)14-5-2-3-6-17(14)31-21(22,23)24/h2-12H,1H3,(H,26,29). The molecule has 158 valence electrons. The number of fused-ring (bicyclic) bond motifs is 1. The molecule has 0 spiro atoms. The Kier molecular flexibility index (Phi) is 5.20. The number of rotatable bonds is 5. The molecule has 0 saturated heterocycles. The molecule has 10 heteroatoms. The summed E-state index contributed by atoms with van der Waals surface area (Å²) in [4.78, 5) is 21.3. The molecular weight excluding hydrogens is 413 g/mol. The molecule has 0 bridgehead atoms. The van der Waals surface area contributed by atoms with Crippen LogP contribution in [0.1, 0.15) is 10.4 Å². The lowest BCUT2D eigenvalue weighted by Gasteiger charge is -2.15. The average Bonchev–Trinajstić information content (AvgIpc) is 3.17. The van der Waals surface area contributed by atoms with E-state index in [1.807, 2.05) is 0 Å². The van der Waals surface area contributed by atoms with Crippen LogP contribution in [0, 0.1) is 0 Å². The molecular formula is C21H15F3N4O3. The van der Waals surface area contributed by atoms with Crippen LogP contribution in [-0.2, 0) is 0 Å². The fourth-order valence-electron chi connectivity index (χ4n) is 2.99. The summed E-state index contributed by atoms with van der Waals surface area (Å²) in [5.41, 5.74) is 1.24. The SMILES string of the molecule is COc1ccc(-c2cn3cccnc3n2)cc1NC(=O)c1ccccc1OC(F)(F)F. The number of methoxy groups -OCH3 is 1. The maximum atomic E-state index is 12.7. The van der Waals surface area contributed by atoms with E-state index >= 15 is 0 Å². The number of amides is 1. The Morgan fingerprint density at radius 1 is 1.10 bits per heavy atom. The number of alkyl halides is 3. The number of nitrogens with one attached hydrogen (secondary N) is 1. The number of hydrogen-bond acceptors (Lipinski definition) is 5. The first-order chi connectivity index (χ1) is 14.8. The first-order valence-corrected chi connectivity index (χ1v) is 8.98. The fourth-order valence-corrected chi connectivity index (χ4v) is 2.99. The topological polar surface area (TPSA) is 77.8 Å². The minimum absolute atomic E-state index is 0.261. The highest BCUT2D eigenvalue weighted by Gasteiger charge is 2.33. The van der Waals surface area contributed by atoms with Crippen LogP contribution in [0.15, 0.2) is 67.1 Å². The quantitative estimate of drug-likeness (QED) is 0.505. The molecule has 0 atom stereocenters. The van der Waals surface area contributed by atoms with Crippen LogP contribution in [0.3, 0.4) is 0 Å². The number of hydrogen-bond donors (Lipinski definition) is 1. The van der Waals surface area contributed by atoms with Crippen LogP contribution in [-0.4, -0.2) is 33.7 Å². The molecule has 4 aromatic rings. The van der Waals surface area contributed by atoms with Crippen molar-refractivity contribution in [2.75, 3.05) is 12.4 Å². The van der Waals surface area contributed by atoms with Crippen LogP contribution < -0.4 is 14.8 Å². The Balaban J connectivity index is 1.67. The molecule has 0 radical (unpaired) electrons. The lowest BCUT2D eigenvalue weighted by Crippen LogP contribution is -2.21. The molecule has 2 heterocycles. The number of carbonyl (C=O) groups is 1. The number of imidazole rings is 1. The molecule has 4 rings (SSSR count). The molecule has 7 nitrogen and oxygen atoms in total. The monoisotopic (exact) mass is 428 g/mol. The largest absolute Gasteiger partial charge is 0.573 e. The van der Waals surface area contributed by atoms with E-state index in [4.69, 9.17) is 4.74 Å². The second kappa shape index (κ2) is 7.98. The minimum Gasteiger partial charge on any atom is -0.495 e. The van der Waals surface area contributed by atoms with E-state index < -0.39 is 18.0 Å². The molecule has 2 aromatic carbocycles. The number of benzene rings is 2. The number of halogens is 3. The third-order valence-corrected chi connectivity index (χ3v) is 4.34. The highest BCUT2D eigenvalue weighted by atomic mass is 19.4. The number of ether oxygens (including phenoxy) is 2. The van der Waals surface area contributed by atoms with Gasteiger partial charge in [-0.05, 0) is 36.4 Å². The normalized spacial score (nSPS) is 11.4. The van der Waals surface area contributed by atoms with E-state index in [-0.39, 0.29) is 11.3 Å². The summed E-state index contributed by atoms with van der Waals surface area (Å²) in [6.07, 6.45) is 0.252. The summed E-state index contributed by atoms with van der Waals surface area (Å²) < 4.78 is 49.0. The van der Waals surface area contributed by atoms with Crippen molar-refractivity contribution in [2.24, 2.45) is 0 Å². The van der Waals surface area contributed by atoms with E-state index in [9.17, 15) is 18.0 Å².